The molecule has 4 heteroatoms. The van der Waals surface area contributed by atoms with Gasteiger partial charge in [0.25, 0.3) is 0 Å². The molecular formula is C8H11N3S. The van der Waals surface area contributed by atoms with Gasteiger partial charge in [-0.05, 0) is 18.4 Å². The van der Waals surface area contributed by atoms with Gasteiger partial charge in [0.15, 0.2) is 5.17 Å². The number of anilines is 1. The van der Waals surface area contributed by atoms with Gasteiger partial charge in [0.1, 0.15) is 0 Å². The van der Waals surface area contributed by atoms with E-state index in [1.807, 2.05) is 36.6 Å². The van der Waals surface area contributed by atoms with Gasteiger partial charge in [0, 0.05) is 0 Å². The Balaban J connectivity index is 2.54. The molecule has 0 saturated heterocycles. The van der Waals surface area contributed by atoms with E-state index in [1.165, 1.54) is 11.8 Å². The molecule has 0 radical (unpaired) electrons. The Bertz CT molecular complexity index is 258. The molecule has 1 rings (SSSR count). The average Bonchev–Trinajstić information content (AvgIpc) is 2.16. The summed E-state index contributed by atoms with van der Waals surface area (Å²) in [7, 11) is 0. The molecule has 0 saturated carbocycles. The van der Waals surface area contributed by atoms with Crippen molar-refractivity contribution < 1.29 is 0 Å². The van der Waals surface area contributed by atoms with Crippen LogP contribution in [0.3, 0.4) is 0 Å². The first-order chi connectivity index (χ1) is 5.83. The average molecular weight is 181 g/mol. The Morgan fingerprint density at radius 1 is 1.42 bits per heavy atom. The van der Waals surface area contributed by atoms with Crippen molar-refractivity contribution in [3.8, 4) is 0 Å². The summed E-state index contributed by atoms with van der Waals surface area (Å²) in [5.41, 5.74) is 9.25. The van der Waals surface area contributed by atoms with E-state index in [2.05, 4.69) is 10.5 Å². The van der Waals surface area contributed by atoms with Gasteiger partial charge in [-0.3, -0.25) is 5.43 Å². The predicted octanol–water partition coefficient (Wildman–Crippen LogP) is 1.69. The van der Waals surface area contributed by atoms with Gasteiger partial charge in [-0.2, -0.15) is 5.10 Å². The highest BCUT2D eigenvalue weighted by Gasteiger charge is 1.87. The first-order valence-electron chi connectivity index (χ1n) is 3.51. The minimum atomic E-state index is 0.527. The molecule has 0 unspecified atom stereocenters. The predicted molar refractivity (Wildman–Crippen MR) is 55.2 cm³/mol. The van der Waals surface area contributed by atoms with Crippen LogP contribution in [0.15, 0.2) is 35.4 Å². The molecular weight excluding hydrogens is 170 g/mol. The molecule has 1 aromatic carbocycles. The van der Waals surface area contributed by atoms with Gasteiger partial charge in [0.05, 0.1) is 5.69 Å². The fourth-order valence-corrected chi connectivity index (χ4v) is 0.815. The van der Waals surface area contributed by atoms with E-state index in [0.29, 0.717) is 5.17 Å². The van der Waals surface area contributed by atoms with Crippen molar-refractivity contribution in [3.63, 3.8) is 0 Å². The highest BCUT2D eigenvalue weighted by Crippen LogP contribution is 2.04. The molecule has 1 aromatic rings. The topological polar surface area (TPSA) is 50.4 Å². The third-order valence-corrected chi connectivity index (χ3v) is 1.79. The summed E-state index contributed by atoms with van der Waals surface area (Å²) in [5, 5.41) is 4.45. The van der Waals surface area contributed by atoms with Gasteiger partial charge in [0.2, 0.25) is 0 Å². The zero-order valence-corrected chi connectivity index (χ0v) is 7.64. The van der Waals surface area contributed by atoms with Crippen molar-refractivity contribution in [2.75, 3.05) is 11.7 Å². The maximum atomic E-state index is 5.47. The van der Waals surface area contributed by atoms with E-state index in [-0.39, 0.29) is 0 Å². The van der Waals surface area contributed by atoms with Gasteiger partial charge in [-0.15, -0.1) is 0 Å². The molecule has 0 heterocycles. The summed E-state index contributed by atoms with van der Waals surface area (Å²) < 4.78 is 0. The van der Waals surface area contributed by atoms with Crippen molar-refractivity contribution in [3.05, 3.63) is 30.3 Å². The number of nitrogens with two attached hydrogens (primary N) is 1. The number of rotatable bonds is 2. The fraction of sp³-hybridized carbons (Fsp3) is 0.125. The first-order valence-corrected chi connectivity index (χ1v) is 4.73. The summed E-state index contributed by atoms with van der Waals surface area (Å²) in [6.45, 7) is 0. The molecule has 64 valence electrons. The van der Waals surface area contributed by atoms with Gasteiger partial charge < -0.3 is 5.73 Å². The van der Waals surface area contributed by atoms with Crippen molar-refractivity contribution in [1.82, 2.24) is 0 Å². The maximum Gasteiger partial charge on any atom is 0.177 e. The van der Waals surface area contributed by atoms with Crippen LogP contribution in [0.2, 0.25) is 0 Å². The number of hydrogen-bond donors (Lipinski definition) is 2. The minimum absolute atomic E-state index is 0.527. The van der Waals surface area contributed by atoms with Crippen molar-refractivity contribution >= 4 is 22.6 Å². The molecule has 3 N–H and O–H groups in total. The van der Waals surface area contributed by atoms with Gasteiger partial charge in [-0.1, -0.05) is 30.0 Å². The lowest BCUT2D eigenvalue weighted by atomic mass is 10.3. The van der Waals surface area contributed by atoms with Crippen LogP contribution in [0.25, 0.3) is 0 Å². The van der Waals surface area contributed by atoms with E-state index >= 15 is 0 Å². The molecule has 0 spiro atoms. The lowest BCUT2D eigenvalue weighted by molar-refractivity contribution is 1.33. The SMILES string of the molecule is CS/C(N)=N/Nc1ccccc1. The largest absolute Gasteiger partial charge is 0.377 e. The van der Waals surface area contributed by atoms with E-state index in [9.17, 15) is 0 Å². The zero-order valence-electron chi connectivity index (χ0n) is 6.82. The molecule has 0 bridgehead atoms. The quantitative estimate of drug-likeness (QED) is 0.415. The van der Waals surface area contributed by atoms with Gasteiger partial charge in [-0.25, -0.2) is 0 Å². The number of thioether (sulfide) groups is 1. The van der Waals surface area contributed by atoms with Crippen LogP contribution in [0.1, 0.15) is 0 Å². The molecule has 0 aliphatic heterocycles. The molecule has 0 aromatic heterocycles. The third kappa shape index (κ3) is 2.84. The lowest BCUT2D eigenvalue weighted by Gasteiger charge is -1.99. The van der Waals surface area contributed by atoms with E-state index in [0.717, 1.165) is 5.69 Å². The maximum absolute atomic E-state index is 5.47. The van der Waals surface area contributed by atoms with E-state index in [4.69, 9.17) is 5.73 Å². The summed E-state index contributed by atoms with van der Waals surface area (Å²) in [6, 6.07) is 9.68. The standard InChI is InChI=1S/C8H11N3S/c1-12-8(9)11-10-7-5-3-2-4-6-7/h2-6,10H,1H3,(H2,9,11). The van der Waals surface area contributed by atoms with Crippen LogP contribution >= 0.6 is 11.8 Å². The highest BCUT2D eigenvalue weighted by molar-refractivity contribution is 8.13. The molecule has 0 atom stereocenters. The van der Waals surface area contributed by atoms with E-state index in [1.54, 1.807) is 0 Å². The Hall–Kier alpha value is -1.16. The summed E-state index contributed by atoms with van der Waals surface area (Å²) in [4.78, 5) is 0. The minimum Gasteiger partial charge on any atom is -0.377 e. The summed E-state index contributed by atoms with van der Waals surface area (Å²) in [6.07, 6.45) is 1.88. The number of hydrogen-bond acceptors (Lipinski definition) is 3. The summed E-state index contributed by atoms with van der Waals surface area (Å²) in [5.74, 6) is 0. The van der Waals surface area contributed by atoms with Gasteiger partial charge >= 0.3 is 0 Å². The molecule has 0 fully saturated rings. The Labute approximate surface area is 76.0 Å². The van der Waals surface area contributed by atoms with Crippen LogP contribution in [0.4, 0.5) is 5.69 Å². The lowest BCUT2D eigenvalue weighted by Crippen LogP contribution is -2.08. The summed E-state index contributed by atoms with van der Waals surface area (Å²) >= 11 is 1.41. The number of nitrogens with zero attached hydrogens (tertiary/aromatic N) is 1. The Kier molecular flexibility index (Phi) is 3.47. The monoisotopic (exact) mass is 181 g/mol. The second kappa shape index (κ2) is 4.66. The number of hydrazone groups is 1. The Morgan fingerprint density at radius 2 is 2.08 bits per heavy atom. The second-order valence-electron chi connectivity index (χ2n) is 2.13. The molecule has 0 amide bonds. The van der Waals surface area contributed by atoms with Crippen LogP contribution < -0.4 is 11.2 Å². The third-order valence-electron chi connectivity index (χ3n) is 1.28. The van der Waals surface area contributed by atoms with Crippen LogP contribution in [0, 0.1) is 0 Å². The molecule has 3 nitrogen and oxygen atoms in total. The first kappa shape index (κ1) is 8.93. The number of para-hydroxylation sites is 1. The highest BCUT2D eigenvalue weighted by atomic mass is 32.2. The zero-order chi connectivity index (χ0) is 8.81. The molecule has 0 aliphatic carbocycles. The van der Waals surface area contributed by atoms with Crippen molar-refractivity contribution in [2.45, 2.75) is 0 Å². The van der Waals surface area contributed by atoms with E-state index < -0.39 is 0 Å². The normalized spacial score (nSPS) is 11.2. The van der Waals surface area contributed by atoms with Crippen LogP contribution in [-0.4, -0.2) is 11.4 Å². The fourth-order valence-electron chi connectivity index (χ4n) is 0.678. The smallest absolute Gasteiger partial charge is 0.177 e. The molecule has 0 aliphatic rings. The van der Waals surface area contributed by atoms with Crippen LogP contribution in [0.5, 0.6) is 0 Å². The van der Waals surface area contributed by atoms with Crippen LogP contribution in [-0.2, 0) is 0 Å². The number of nitrogens with one attached hydrogen (secondary N) is 1. The number of amidine groups is 1. The van der Waals surface area contributed by atoms with Crippen molar-refractivity contribution in [2.24, 2.45) is 10.8 Å². The molecule has 12 heavy (non-hydrogen) atoms. The Morgan fingerprint density at radius 3 is 2.67 bits per heavy atom. The number of benzene rings is 1. The van der Waals surface area contributed by atoms with Crippen molar-refractivity contribution in [1.29, 1.82) is 0 Å². The second-order valence-corrected chi connectivity index (χ2v) is 2.96.